The van der Waals surface area contributed by atoms with E-state index in [1.165, 1.54) is 12.3 Å². The average molecular weight is 267 g/mol. The van der Waals surface area contributed by atoms with E-state index in [0.29, 0.717) is 25.1 Å². The summed E-state index contributed by atoms with van der Waals surface area (Å²) in [5, 5.41) is 22.2. The molecule has 1 aliphatic heterocycles. The van der Waals surface area contributed by atoms with Gasteiger partial charge in [0.2, 0.25) is 0 Å². The quantitative estimate of drug-likeness (QED) is 0.604. The van der Waals surface area contributed by atoms with Crippen LogP contribution in [0.3, 0.4) is 0 Å². The summed E-state index contributed by atoms with van der Waals surface area (Å²) >= 11 is 0. The van der Waals surface area contributed by atoms with E-state index < -0.39 is 17.0 Å². The number of nitro groups is 1. The van der Waals surface area contributed by atoms with E-state index in [4.69, 9.17) is 9.84 Å². The zero-order chi connectivity index (χ0) is 13.8. The van der Waals surface area contributed by atoms with E-state index >= 15 is 0 Å². The minimum atomic E-state index is -0.945. The molecule has 0 saturated carbocycles. The molecule has 1 aromatic rings. The van der Waals surface area contributed by atoms with Gasteiger partial charge in [0.15, 0.2) is 12.3 Å². The Bertz CT molecular complexity index is 476. The number of nitrogens with zero attached hydrogens (tertiary/aromatic N) is 2. The van der Waals surface area contributed by atoms with Crippen molar-refractivity contribution in [3.8, 4) is 0 Å². The Balaban J connectivity index is 1.83. The molecule has 2 N–H and O–H groups in total. The van der Waals surface area contributed by atoms with Crippen LogP contribution in [0.4, 0.5) is 11.5 Å². The smallest absolute Gasteiger partial charge is 0.363 e. The first-order valence-electron chi connectivity index (χ1n) is 5.79. The first kappa shape index (κ1) is 13.2. The molecule has 8 heteroatoms. The summed E-state index contributed by atoms with van der Waals surface area (Å²) in [6, 6.07) is 2.85. The topological polar surface area (TPSA) is 115 Å². The molecule has 2 unspecified atom stereocenters. The van der Waals surface area contributed by atoms with Crippen LogP contribution in [0, 0.1) is 10.1 Å². The molecule has 1 fully saturated rings. The summed E-state index contributed by atoms with van der Waals surface area (Å²) in [4.78, 5) is 24.2. The Labute approximate surface area is 108 Å². The highest BCUT2D eigenvalue weighted by molar-refractivity contribution is 5.72. The van der Waals surface area contributed by atoms with Crippen LogP contribution in [-0.4, -0.2) is 39.7 Å². The highest BCUT2D eigenvalue weighted by Crippen LogP contribution is 2.20. The van der Waals surface area contributed by atoms with Gasteiger partial charge in [-0.15, -0.1) is 0 Å². The number of carbonyl (C=O) groups is 1. The Morgan fingerprint density at radius 1 is 1.58 bits per heavy atom. The lowest BCUT2D eigenvalue weighted by Gasteiger charge is -2.12. The van der Waals surface area contributed by atoms with Crippen molar-refractivity contribution in [1.29, 1.82) is 0 Å². The van der Waals surface area contributed by atoms with Crippen LogP contribution in [0.2, 0.25) is 0 Å². The third-order valence-corrected chi connectivity index (χ3v) is 2.85. The van der Waals surface area contributed by atoms with E-state index in [1.807, 2.05) is 0 Å². The molecule has 1 saturated heterocycles. The lowest BCUT2D eigenvalue weighted by molar-refractivity contribution is -0.389. The number of hydrogen-bond donors (Lipinski definition) is 2. The number of nitrogens with one attached hydrogen (secondary N) is 1. The van der Waals surface area contributed by atoms with Gasteiger partial charge < -0.3 is 25.3 Å². The summed E-state index contributed by atoms with van der Waals surface area (Å²) in [7, 11) is 0. The number of aromatic nitrogens is 1. The van der Waals surface area contributed by atoms with Crippen molar-refractivity contribution in [1.82, 2.24) is 4.98 Å². The summed E-state index contributed by atoms with van der Waals surface area (Å²) in [5.74, 6) is -1.16. The normalized spacial score (nSPS) is 22.1. The number of pyridine rings is 1. The summed E-state index contributed by atoms with van der Waals surface area (Å²) in [6.45, 7) is 0.448. The molecule has 102 valence electrons. The number of aliphatic carboxylic acids is 1. The van der Waals surface area contributed by atoms with Crippen molar-refractivity contribution < 1.29 is 19.6 Å². The molecule has 0 amide bonds. The maximum absolute atomic E-state index is 10.7. The van der Waals surface area contributed by atoms with Crippen LogP contribution in [-0.2, 0) is 9.53 Å². The predicted octanol–water partition coefficient (Wildman–Crippen LogP) is 1.03. The lowest BCUT2D eigenvalue weighted by atomic mass is 10.2. The fraction of sp³-hybridized carbons (Fsp3) is 0.455. The van der Waals surface area contributed by atoms with Crippen LogP contribution < -0.4 is 5.32 Å². The zero-order valence-electron chi connectivity index (χ0n) is 9.98. The molecular formula is C11H13N3O5. The van der Waals surface area contributed by atoms with E-state index in [1.54, 1.807) is 6.07 Å². The van der Waals surface area contributed by atoms with Gasteiger partial charge in [-0.25, -0.2) is 4.79 Å². The Hall–Kier alpha value is -2.22. The van der Waals surface area contributed by atoms with Crippen LogP contribution in [0.5, 0.6) is 0 Å². The van der Waals surface area contributed by atoms with E-state index in [9.17, 15) is 14.9 Å². The predicted molar refractivity (Wildman–Crippen MR) is 64.9 cm³/mol. The van der Waals surface area contributed by atoms with Gasteiger partial charge in [0.05, 0.1) is 11.8 Å². The molecule has 19 heavy (non-hydrogen) atoms. The van der Waals surface area contributed by atoms with Crippen molar-refractivity contribution in [2.75, 3.05) is 11.9 Å². The molecular weight excluding hydrogens is 254 g/mol. The largest absolute Gasteiger partial charge is 0.479 e. The molecule has 0 radical (unpaired) electrons. The van der Waals surface area contributed by atoms with Crippen molar-refractivity contribution in [3.05, 3.63) is 28.4 Å². The second-order valence-corrected chi connectivity index (χ2v) is 4.21. The van der Waals surface area contributed by atoms with E-state index in [-0.39, 0.29) is 11.9 Å². The lowest BCUT2D eigenvalue weighted by Crippen LogP contribution is -2.24. The number of rotatable bonds is 5. The van der Waals surface area contributed by atoms with Gasteiger partial charge in [-0.1, -0.05) is 0 Å². The molecule has 0 aromatic carbocycles. The molecule has 2 atom stereocenters. The van der Waals surface area contributed by atoms with Gasteiger partial charge in [-0.3, -0.25) is 0 Å². The number of carboxylic acid groups (broad SMARTS) is 1. The Morgan fingerprint density at radius 3 is 2.89 bits per heavy atom. The third-order valence-electron chi connectivity index (χ3n) is 2.85. The second-order valence-electron chi connectivity index (χ2n) is 4.21. The van der Waals surface area contributed by atoms with Crippen molar-refractivity contribution in [3.63, 3.8) is 0 Å². The highest BCUT2D eigenvalue weighted by Gasteiger charge is 2.30. The number of ether oxygens (including phenoxy) is 1. The molecule has 0 bridgehead atoms. The maximum Gasteiger partial charge on any atom is 0.363 e. The van der Waals surface area contributed by atoms with E-state index in [2.05, 4.69) is 10.3 Å². The summed E-state index contributed by atoms with van der Waals surface area (Å²) in [5.41, 5.74) is 0.632. The highest BCUT2D eigenvalue weighted by atomic mass is 16.6. The Kier molecular flexibility index (Phi) is 3.91. The standard InChI is InChI=1S/C11H13N3O5/c15-11(16)9-3-2-8(19-9)6-12-7-1-4-10(13-5-7)14(17)18/h1,4-5,8-9,12H,2-3,6H2,(H,15,16). The average Bonchev–Trinajstić information content (AvgIpc) is 2.86. The monoisotopic (exact) mass is 267 g/mol. The number of carboxylic acids is 1. The van der Waals surface area contributed by atoms with E-state index in [0.717, 1.165) is 0 Å². The number of anilines is 1. The molecule has 0 spiro atoms. The first-order chi connectivity index (χ1) is 9.06. The second kappa shape index (κ2) is 5.61. The SMILES string of the molecule is O=C(O)C1CCC(CNc2ccc([N+](=O)[O-])nc2)O1. The maximum atomic E-state index is 10.7. The minimum Gasteiger partial charge on any atom is -0.479 e. The van der Waals surface area contributed by atoms with Crippen LogP contribution in [0.15, 0.2) is 18.3 Å². The molecule has 1 aromatic heterocycles. The molecule has 0 aliphatic carbocycles. The molecule has 2 heterocycles. The van der Waals surface area contributed by atoms with Gasteiger partial charge >= 0.3 is 11.8 Å². The van der Waals surface area contributed by atoms with Crippen LogP contribution in [0.25, 0.3) is 0 Å². The zero-order valence-corrected chi connectivity index (χ0v) is 9.98. The van der Waals surface area contributed by atoms with Crippen molar-refractivity contribution in [2.24, 2.45) is 0 Å². The first-order valence-corrected chi connectivity index (χ1v) is 5.79. The van der Waals surface area contributed by atoms with Crippen LogP contribution in [0.1, 0.15) is 12.8 Å². The van der Waals surface area contributed by atoms with Gasteiger partial charge in [-0.2, -0.15) is 0 Å². The van der Waals surface area contributed by atoms with Gasteiger partial charge in [0, 0.05) is 12.6 Å². The molecule has 1 aliphatic rings. The molecule has 2 rings (SSSR count). The fourth-order valence-electron chi connectivity index (χ4n) is 1.87. The molecule has 8 nitrogen and oxygen atoms in total. The number of hydrogen-bond acceptors (Lipinski definition) is 6. The van der Waals surface area contributed by atoms with Crippen LogP contribution >= 0.6 is 0 Å². The van der Waals surface area contributed by atoms with Gasteiger partial charge in [-0.05, 0) is 28.8 Å². The Morgan fingerprint density at radius 2 is 2.37 bits per heavy atom. The van der Waals surface area contributed by atoms with Crippen molar-refractivity contribution in [2.45, 2.75) is 25.0 Å². The fourth-order valence-corrected chi connectivity index (χ4v) is 1.87. The summed E-state index contributed by atoms with van der Waals surface area (Å²) in [6.07, 6.45) is 1.63. The minimum absolute atomic E-state index is 0.170. The van der Waals surface area contributed by atoms with Gasteiger partial charge in [0.1, 0.15) is 0 Å². The summed E-state index contributed by atoms with van der Waals surface area (Å²) < 4.78 is 5.32. The van der Waals surface area contributed by atoms with Gasteiger partial charge in [0.25, 0.3) is 0 Å². The third kappa shape index (κ3) is 3.38. The van der Waals surface area contributed by atoms with Crippen molar-refractivity contribution >= 4 is 17.5 Å².